The van der Waals surface area contributed by atoms with E-state index in [1.54, 1.807) is 25.3 Å². The quantitative estimate of drug-likeness (QED) is 0.543. The number of nitrogens with one attached hydrogen (secondary N) is 1. The number of aryl methyl sites for hydroxylation is 2. The van der Waals surface area contributed by atoms with Crippen LogP contribution in [0.5, 0.6) is 0 Å². The van der Waals surface area contributed by atoms with Gasteiger partial charge in [0.2, 0.25) is 5.95 Å². The van der Waals surface area contributed by atoms with Gasteiger partial charge in [0.25, 0.3) is 0 Å². The monoisotopic (exact) mass is 467 g/mol. The minimum Gasteiger partial charge on any atom is -0.332 e. The van der Waals surface area contributed by atoms with Crippen LogP contribution in [0.4, 0.5) is 24.8 Å². The molecule has 7 nitrogen and oxygen atoms in total. The second-order valence-electron chi connectivity index (χ2n) is 7.63. The summed E-state index contributed by atoms with van der Waals surface area (Å²) >= 11 is 0. The van der Waals surface area contributed by atoms with Crippen molar-refractivity contribution in [3.8, 4) is 11.4 Å². The fourth-order valence-corrected chi connectivity index (χ4v) is 4.19. The number of benzene rings is 1. The number of sulfone groups is 1. The molecule has 0 saturated carbocycles. The van der Waals surface area contributed by atoms with E-state index in [2.05, 4.69) is 20.3 Å². The summed E-state index contributed by atoms with van der Waals surface area (Å²) in [5.74, 6) is 0.478. The van der Waals surface area contributed by atoms with E-state index in [1.807, 2.05) is 13.8 Å². The van der Waals surface area contributed by atoms with Crippen molar-refractivity contribution in [2.75, 3.05) is 11.1 Å². The maximum atomic E-state index is 13.6. The third-order valence-electron chi connectivity index (χ3n) is 4.99. The van der Waals surface area contributed by atoms with Crippen LogP contribution in [0.25, 0.3) is 11.4 Å². The van der Waals surface area contributed by atoms with Crippen molar-refractivity contribution in [3.63, 3.8) is 0 Å². The highest BCUT2D eigenvalue weighted by molar-refractivity contribution is 7.91. The van der Waals surface area contributed by atoms with Gasteiger partial charge in [-0.2, -0.15) is 13.2 Å². The molecular formula is C21H24F3N5O2S. The Balaban J connectivity index is 2.05. The standard InChI is InChI=1S/C21H24F3N5O2S/c1-6-32(30,31)15-7-8-17(13(4)9-15)27-20-25-10-16(21(22,23)24)19(28-20)18-11-29(12(2)3)14(5)26-18/h7-12H,6H2,1-5H3,(H,25,27,28). The Bertz CT molecular complexity index is 1250. The molecule has 0 fully saturated rings. The van der Waals surface area contributed by atoms with E-state index in [0.717, 1.165) is 6.20 Å². The van der Waals surface area contributed by atoms with Crippen LogP contribution in [-0.4, -0.2) is 33.7 Å². The Morgan fingerprint density at radius 2 is 1.84 bits per heavy atom. The molecule has 0 aliphatic carbocycles. The van der Waals surface area contributed by atoms with Crippen LogP contribution < -0.4 is 5.32 Å². The van der Waals surface area contributed by atoms with Crippen LogP contribution in [0.2, 0.25) is 0 Å². The molecule has 0 unspecified atom stereocenters. The molecule has 0 saturated heterocycles. The summed E-state index contributed by atoms with van der Waals surface area (Å²) in [5, 5.41) is 2.88. The number of halogens is 3. The van der Waals surface area contributed by atoms with E-state index in [9.17, 15) is 21.6 Å². The van der Waals surface area contributed by atoms with Gasteiger partial charge in [0.1, 0.15) is 22.8 Å². The van der Waals surface area contributed by atoms with Crippen molar-refractivity contribution < 1.29 is 21.6 Å². The van der Waals surface area contributed by atoms with Crippen molar-refractivity contribution in [1.82, 2.24) is 19.5 Å². The van der Waals surface area contributed by atoms with E-state index >= 15 is 0 Å². The number of imidazole rings is 1. The van der Waals surface area contributed by atoms with Gasteiger partial charge in [-0.3, -0.25) is 0 Å². The largest absolute Gasteiger partial charge is 0.420 e. The lowest BCUT2D eigenvalue weighted by molar-refractivity contribution is -0.137. The van der Waals surface area contributed by atoms with E-state index in [4.69, 9.17) is 0 Å². The summed E-state index contributed by atoms with van der Waals surface area (Å²) in [5.41, 5.74) is -0.160. The average molecular weight is 468 g/mol. The molecule has 0 aliphatic heterocycles. The Morgan fingerprint density at radius 3 is 2.38 bits per heavy atom. The smallest absolute Gasteiger partial charge is 0.332 e. The summed E-state index contributed by atoms with van der Waals surface area (Å²) in [7, 11) is -3.38. The van der Waals surface area contributed by atoms with Gasteiger partial charge in [0, 0.05) is 24.1 Å². The van der Waals surface area contributed by atoms with Gasteiger partial charge in [-0.25, -0.2) is 23.4 Å². The molecule has 1 aromatic carbocycles. The number of aromatic nitrogens is 4. The minimum absolute atomic E-state index is 0.0191. The summed E-state index contributed by atoms with van der Waals surface area (Å²) < 4.78 is 66.8. The van der Waals surface area contributed by atoms with Crippen LogP contribution in [0, 0.1) is 13.8 Å². The summed E-state index contributed by atoms with van der Waals surface area (Å²) in [4.78, 5) is 12.4. The van der Waals surface area contributed by atoms with Gasteiger partial charge in [-0.15, -0.1) is 0 Å². The van der Waals surface area contributed by atoms with E-state index in [1.165, 1.54) is 24.4 Å². The molecule has 0 aliphatic rings. The molecule has 3 aromatic rings. The molecule has 0 spiro atoms. The predicted octanol–water partition coefficient (Wildman–Crippen LogP) is 5.09. The van der Waals surface area contributed by atoms with Gasteiger partial charge >= 0.3 is 6.18 Å². The maximum absolute atomic E-state index is 13.6. The van der Waals surface area contributed by atoms with Gasteiger partial charge in [-0.05, 0) is 51.5 Å². The number of hydrogen-bond acceptors (Lipinski definition) is 6. The number of nitrogens with zero attached hydrogens (tertiary/aromatic N) is 4. The van der Waals surface area contributed by atoms with Crippen molar-refractivity contribution in [1.29, 1.82) is 0 Å². The van der Waals surface area contributed by atoms with Crippen LogP contribution >= 0.6 is 0 Å². The molecule has 172 valence electrons. The summed E-state index contributed by atoms with van der Waals surface area (Å²) in [6.07, 6.45) is -2.40. The topological polar surface area (TPSA) is 89.8 Å². The first-order chi connectivity index (χ1) is 14.8. The van der Waals surface area contributed by atoms with E-state index in [-0.39, 0.29) is 34.0 Å². The number of alkyl halides is 3. The lowest BCUT2D eigenvalue weighted by Gasteiger charge is -2.14. The first-order valence-corrected chi connectivity index (χ1v) is 11.6. The lowest BCUT2D eigenvalue weighted by atomic mass is 10.2. The van der Waals surface area contributed by atoms with Crippen LogP contribution in [-0.2, 0) is 16.0 Å². The molecule has 3 rings (SSSR count). The zero-order valence-electron chi connectivity index (χ0n) is 18.3. The second kappa shape index (κ2) is 8.53. The highest BCUT2D eigenvalue weighted by Crippen LogP contribution is 2.36. The highest BCUT2D eigenvalue weighted by atomic mass is 32.2. The molecule has 2 aromatic heterocycles. The van der Waals surface area contributed by atoms with E-state index in [0.29, 0.717) is 17.1 Å². The third-order valence-corrected chi connectivity index (χ3v) is 6.73. The zero-order valence-corrected chi connectivity index (χ0v) is 19.1. The number of hydrogen-bond donors (Lipinski definition) is 1. The fraction of sp³-hybridized carbons (Fsp3) is 0.381. The van der Waals surface area contributed by atoms with Crippen molar-refractivity contribution in [2.24, 2.45) is 0 Å². The zero-order chi connectivity index (χ0) is 23.8. The molecule has 0 radical (unpaired) electrons. The molecule has 11 heteroatoms. The Labute approximate surface area is 184 Å². The second-order valence-corrected chi connectivity index (χ2v) is 9.91. The van der Waals surface area contributed by atoms with Crippen LogP contribution in [0.15, 0.2) is 35.5 Å². The molecular weight excluding hydrogens is 443 g/mol. The van der Waals surface area contributed by atoms with Gasteiger partial charge < -0.3 is 9.88 Å². The third kappa shape index (κ3) is 4.77. The Morgan fingerprint density at radius 1 is 1.16 bits per heavy atom. The molecule has 32 heavy (non-hydrogen) atoms. The van der Waals surface area contributed by atoms with Gasteiger partial charge in [0.15, 0.2) is 9.84 Å². The highest BCUT2D eigenvalue weighted by Gasteiger charge is 2.36. The summed E-state index contributed by atoms with van der Waals surface area (Å²) in [6, 6.07) is 4.49. The Kier molecular flexibility index (Phi) is 6.32. The average Bonchev–Trinajstić information content (AvgIpc) is 3.10. The van der Waals surface area contributed by atoms with E-state index < -0.39 is 21.6 Å². The minimum atomic E-state index is -4.66. The van der Waals surface area contributed by atoms with Crippen LogP contribution in [0.1, 0.15) is 43.8 Å². The normalized spacial score (nSPS) is 12.4. The molecule has 0 atom stereocenters. The molecule has 0 amide bonds. The number of rotatable bonds is 6. The number of anilines is 2. The van der Waals surface area contributed by atoms with Crippen molar-refractivity contribution >= 4 is 21.5 Å². The SMILES string of the molecule is CCS(=O)(=O)c1ccc(Nc2ncc(C(F)(F)F)c(-c3cn(C(C)C)c(C)n3)n2)c(C)c1. The van der Waals surface area contributed by atoms with Gasteiger partial charge in [0.05, 0.1) is 10.6 Å². The molecule has 0 bridgehead atoms. The fourth-order valence-electron chi connectivity index (χ4n) is 3.22. The van der Waals surface area contributed by atoms with Crippen molar-refractivity contribution in [3.05, 3.63) is 47.5 Å². The maximum Gasteiger partial charge on any atom is 0.420 e. The van der Waals surface area contributed by atoms with Crippen molar-refractivity contribution in [2.45, 2.75) is 51.7 Å². The first kappa shape index (κ1) is 23.7. The van der Waals surface area contributed by atoms with Crippen LogP contribution in [0.3, 0.4) is 0 Å². The lowest BCUT2D eigenvalue weighted by Crippen LogP contribution is -2.11. The predicted molar refractivity (Wildman–Crippen MR) is 116 cm³/mol. The molecule has 2 heterocycles. The van der Waals surface area contributed by atoms with Gasteiger partial charge in [-0.1, -0.05) is 6.92 Å². The first-order valence-electron chi connectivity index (χ1n) is 9.94. The summed E-state index contributed by atoms with van der Waals surface area (Å²) in [6.45, 7) is 8.77. The molecule has 1 N–H and O–H groups in total. The Hall–Kier alpha value is -2.95.